The summed E-state index contributed by atoms with van der Waals surface area (Å²) in [5.41, 5.74) is 3.51. The number of nitrogens with zero attached hydrogens (tertiary/aromatic N) is 1. The largest absolute Gasteiger partial charge is 0.497 e. The maximum absolute atomic E-state index is 12.4. The van der Waals surface area contributed by atoms with Crippen molar-refractivity contribution in [2.75, 3.05) is 20.3 Å². The molecule has 0 N–H and O–H groups in total. The topological polar surface area (TPSA) is 38.8 Å². The molecule has 2 aromatic carbocycles. The Kier molecular flexibility index (Phi) is 4.51. The molecule has 0 radical (unpaired) electrons. The number of hydrogen-bond acceptors (Lipinski definition) is 3. The van der Waals surface area contributed by atoms with Gasteiger partial charge in [0.05, 0.1) is 19.8 Å². The molecular formula is C19H21NO3. The number of rotatable bonds is 3. The van der Waals surface area contributed by atoms with Crippen LogP contribution in [0.5, 0.6) is 5.75 Å². The highest BCUT2D eigenvalue weighted by Crippen LogP contribution is 2.36. The first-order chi connectivity index (χ1) is 11.2. The van der Waals surface area contributed by atoms with E-state index in [1.807, 2.05) is 48.2 Å². The number of hydrogen-bond donors (Lipinski definition) is 0. The fourth-order valence-corrected chi connectivity index (χ4v) is 3.12. The van der Waals surface area contributed by atoms with E-state index in [2.05, 4.69) is 12.1 Å². The third-order valence-electron chi connectivity index (χ3n) is 4.22. The lowest BCUT2D eigenvalue weighted by atomic mass is 9.88. The van der Waals surface area contributed by atoms with E-state index in [4.69, 9.17) is 9.47 Å². The molecule has 0 unspecified atom stereocenters. The number of ether oxygens (including phenoxy) is 2. The van der Waals surface area contributed by atoms with Crippen molar-refractivity contribution < 1.29 is 14.3 Å². The van der Waals surface area contributed by atoms with Crippen molar-refractivity contribution in [2.45, 2.75) is 19.4 Å². The van der Waals surface area contributed by atoms with Crippen LogP contribution in [0.15, 0.2) is 48.5 Å². The predicted molar refractivity (Wildman–Crippen MR) is 88.7 cm³/mol. The number of amides is 1. The van der Waals surface area contributed by atoms with Crippen LogP contribution in [0.25, 0.3) is 0 Å². The molecule has 0 saturated carbocycles. The molecule has 0 spiro atoms. The summed E-state index contributed by atoms with van der Waals surface area (Å²) in [6.07, 6.45) is 0.588. The van der Waals surface area contributed by atoms with Crippen molar-refractivity contribution in [3.05, 3.63) is 65.2 Å². The van der Waals surface area contributed by atoms with Crippen LogP contribution >= 0.6 is 0 Å². The summed E-state index contributed by atoms with van der Waals surface area (Å²) < 4.78 is 10.5. The Morgan fingerprint density at radius 3 is 2.61 bits per heavy atom. The zero-order chi connectivity index (χ0) is 16.2. The average Bonchev–Trinajstić information content (AvgIpc) is 2.61. The molecule has 4 heteroatoms. The second-order valence-corrected chi connectivity index (χ2v) is 5.52. The summed E-state index contributed by atoms with van der Waals surface area (Å²) >= 11 is 0. The first-order valence-electron chi connectivity index (χ1n) is 7.89. The van der Waals surface area contributed by atoms with Gasteiger partial charge in [-0.05, 0) is 42.2 Å². The Morgan fingerprint density at radius 1 is 1.17 bits per heavy atom. The quantitative estimate of drug-likeness (QED) is 0.865. The normalized spacial score (nSPS) is 16.6. The monoisotopic (exact) mass is 311 g/mol. The zero-order valence-electron chi connectivity index (χ0n) is 13.5. The van der Waals surface area contributed by atoms with E-state index in [1.54, 1.807) is 7.11 Å². The van der Waals surface area contributed by atoms with Crippen molar-refractivity contribution in [2.24, 2.45) is 0 Å². The molecule has 120 valence electrons. The Bertz CT molecular complexity index is 681. The lowest BCUT2D eigenvalue weighted by molar-refractivity contribution is 0.0937. The maximum Gasteiger partial charge on any atom is 0.410 e. The third-order valence-corrected chi connectivity index (χ3v) is 4.22. The van der Waals surface area contributed by atoms with Gasteiger partial charge in [-0.25, -0.2) is 4.79 Å². The summed E-state index contributed by atoms with van der Waals surface area (Å²) in [4.78, 5) is 14.2. The van der Waals surface area contributed by atoms with E-state index in [1.165, 1.54) is 5.56 Å². The highest BCUT2D eigenvalue weighted by Gasteiger charge is 2.32. The molecule has 0 aromatic heterocycles. The first-order valence-corrected chi connectivity index (χ1v) is 7.89. The molecule has 1 amide bonds. The predicted octanol–water partition coefficient (Wildman–Crippen LogP) is 3.80. The highest BCUT2D eigenvalue weighted by molar-refractivity contribution is 5.70. The third kappa shape index (κ3) is 3.02. The molecule has 1 atom stereocenters. The minimum Gasteiger partial charge on any atom is -0.497 e. The molecule has 0 saturated heterocycles. The number of carbonyl (C=O) groups is 1. The summed E-state index contributed by atoms with van der Waals surface area (Å²) in [6, 6.07) is 16.0. The standard InChI is InChI=1S/C19H21NO3/c1-3-23-19(21)20-13-12-14-6-4-5-7-17(14)18(20)15-8-10-16(22-2)11-9-15/h4-11,18H,3,12-13H2,1-2H3/t18-/m0/s1. The van der Waals surface area contributed by atoms with Crippen molar-refractivity contribution in [1.29, 1.82) is 0 Å². The van der Waals surface area contributed by atoms with Gasteiger partial charge in [-0.1, -0.05) is 36.4 Å². The maximum atomic E-state index is 12.4. The second-order valence-electron chi connectivity index (χ2n) is 5.52. The molecule has 2 aromatic rings. The molecular weight excluding hydrogens is 290 g/mol. The second kappa shape index (κ2) is 6.73. The van der Waals surface area contributed by atoms with Gasteiger partial charge in [0.1, 0.15) is 5.75 Å². The number of benzene rings is 2. The Hall–Kier alpha value is -2.49. The van der Waals surface area contributed by atoms with Crippen LogP contribution < -0.4 is 4.74 Å². The molecule has 1 aliphatic rings. The van der Waals surface area contributed by atoms with E-state index in [9.17, 15) is 4.79 Å². The Morgan fingerprint density at radius 2 is 1.91 bits per heavy atom. The van der Waals surface area contributed by atoms with Gasteiger partial charge in [0.15, 0.2) is 0 Å². The fourth-order valence-electron chi connectivity index (χ4n) is 3.12. The van der Waals surface area contributed by atoms with Crippen LogP contribution in [-0.2, 0) is 11.2 Å². The van der Waals surface area contributed by atoms with Crippen molar-refractivity contribution in [3.8, 4) is 5.75 Å². The van der Waals surface area contributed by atoms with Gasteiger partial charge in [0.25, 0.3) is 0 Å². The zero-order valence-corrected chi connectivity index (χ0v) is 13.5. The van der Waals surface area contributed by atoms with Gasteiger partial charge in [-0.3, -0.25) is 4.90 Å². The van der Waals surface area contributed by atoms with Crippen molar-refractivity contribution in [3.63, 3.8) is 0 Å². The SMILES string of the molecule is CCOC(=O)N1CCc2ccccc2[C@@H]1c1ccc(OC)cc1. The van der Waals surface area contributed by atoms with Gasteiger partial charge in [-0.15, -0.1) is 0 Å². The van der Waals surface area contributed by atoms with Crippen molar-refractivity contribution >= 4 is 6.09 Å². The van der Waals surface area contributed by atoms with E-state index < -0.39 is 0 Å². The van der Waals surface area contributed by atoms with Crippen LogP contribution in [0.4, 0.5) is 4.79 Å². The molecule has 3 rings (SSSR count). The fraction of sp³-hybridized carbons (Fsp3) is 0.316. The smallest absolute Gasteiger partial charge is 0.410 e. The van der Waals surface area contributed by atoms with Gasteiger partial charge in [0.2, 0.25) is 0 Å². The highest BCUT2D eigenvalue weighted by atomic mass is 16.6. The summed E-state index contributed by atoms with van der Waals surface area (Å²) in [7, 11) is 1.65. The minimum atomic E-state index is -0.261. The van der Waals surface area contributed by atoms with E-state index >= 15 is 0 Å². The van der Waals surface area contributed by atoms with E-state index in [-0.39, 0.29) is 12.1 Å². The van der Waals surface area contributed by atoms with Crippen LogP contribution in [0.1, 0.15) is 29.7 Å². The Balaban J connectivity index is 2.03. The van der Waals surface area contributed by atoms with Crippen LogP contribution in [0, 0.1) is 0 Å². The van der Waals surface area contributed by atoms with Gasteiger partial charge < -0.3 is 9.47 Å². The molecule has 1 heterocycles. The number of methoxy groups -OCH3 is 1. The van der Waals surface area contributed by atoms with Gasteiger partial charge in [-0.2, -0.15) is 0 Å². The van der Waals surface area contributed by atoms with Crippen LogP contribution in [-0.4, -0.2) is 31.3 Å². The first kappa shape index (κ1) is 15.4. The summed E-state index contributed by atoms with van der Waals surface area (Å²) in [5, 5.41) is 0. The molecule has 1 aliphatic heterocycles. The average molecular weight is 311 g/mol. The molecule has 0 fully saturated rings. The minimum absolute atomic E-state index is 0.120. The number of carbonyl (C=O) groups excluding carboxylic acids is 1. The number of fused-ring (bicyclic) bond motifs is 1. The van der Waals surface area contributed by atoms with Crippen LogP contribution in [0.2, 0.25) is 0 Å². The summed E-state index contributed by atoms with van der Waals surface area (Å²) in [6.45, 7) is 2.87. The molecule has 4 nitrogen and oxygen atoms in total. The molecule has 0 aliphatic carbocycles. The van der Waals surface area contributed by atoms with Crippen LogP contribution in [0.3, 0.4) is 0 Å². The van der Waals surface area contributed by atoms with Crippen molar-refractivity contribution in [1.82, 2.24) is 4.90 Å². The van der Waals surface area contributed by atoms with E-state index in [0.29, 0.717) is 13.2 Å². The summed E-state index contributed by atoms with van der Waals surface area (Å²) in [5.74, 6) is 0.806. The lowest BCUT2D eigenvalue weighted by Gasteiger charge is -2.36. The van der Waals surface area contributed by atoms with Gasteiger partial charge >= 0.3 is 6.09 Å². The Labute approximate surface area is 136 Å². The molecule has 0 bridgehead atoms. The van der Waals surface area contributed by atoms with Gasteiger partial charge in [0, 0.05) is 6.54 Å². The lowest BCUT2D eigenvalue weighted by Crippen LogP contribution is -2.40. The van der Waals surface area contributed by atoms with E-state index in [0.717, 1.165) is 23.3 Å². The molecule has 23 heavy (non-hydrogen) atoms.